The van der Waals surface area contributed by atoms with Crippen LogP contribution in [0.3, 0.4) is 0 Å². The highest BCUT2D eigenvalue weighted by atomic mass is 35.5. The van der Waals surface area contributed by atoms with E-state index in [1.807, 2.05) is 16.3 Å². The van der Waals surface area contributed by atoms with Crippen LogP contribution in [0.1, 0.15) is 96.8 Å². The van der Waals surface area contributed by atoms with Crippen molar-refractivity contribution in [2.75, 3.05) is 20.1 Å². The molecule has 8 rings (SSSR count). The fraction of sp³-hybridized carbons (Fsp3) is 0.422. The van der Waals surface area contributed by atoms with Gasteiger partial charge in [0.2, 0.25) is 0 Å². The third-order valence-corrected chi connectivity index (χ3v) is 16.8. The Hall–Kier alpha value is -3.13. The van der Waals surface area contributed by atoms with Crippen LogP contribution in [0.2, 0.25) is 20.1 Å². The Kier molecular flexibility index (Phi) is 14.7. The SMILES string of the molecule is CN(CCCCC(c1nn(-c2ccc(Cl)cc2Cl)c2c1CCCc1ccsc1-2)C(F)(F)F)CCCCC(c1nn(-c2ccc(Cl)cc2Cl)c2c1CCCc1cc(S(=O)(=O)O)sc1-2)C(F)(F)F. The summed E-state index contributed by atoms with van der Waals surface area (Å²) in [6.07, 6.45) is -5.70. The van der Waals surface area contributed by atoms with Crippen LogP contribution in [-0.2, 0) is 35.8 Å². The normalized spacial score (nSPS) is 15.2. The highest BCUT2D eigenvalue weighted by molar-refractivity contribution is 7.88. The number of rotatable bonds is 15. The van der Waals surface area contributed by atoms with Crippen LogP contribution in [0.5, 0.6) is 0 Å². The van der Waals surface area contributed by atoms with E-state index in [-0.39, 0.29) is 69.1 Å². The quantitative estimate of drug-likeness (QED) is 0.0626. The minimum atomic E-state index is -4.69. The molecule has 0 aliphatic heterocycles. The summed E-state index contributed by atoms with van der Waals surface area (Å²) >= 11 is 27.7. The topological polar surface area (TPSA) is 93.3 Å². The van der Waals surface area contributed by atoms with E-state index < -0.39 is 34.3 Å². The second-order valence-electron chi connectivity index (χ2n) is 16.8. The minimum Gasteiger partial charge on any atom is -0.306 e. The molecule has 2 unspecified atom stereocenters. The molecular formula is C45H43Cl4F6N5O3S3. The van der Waals surface area contributed by atoms with Crippen LogP contribution in [0.15, 0.2) is 58.1 Å². The highest BCUT2D eigenvalue weighted by Gasteiger charge is 2.46. The van der Waals surface area contributed by atoms with Crippen LogP contribution in [-0.4, -0.2) is 69.9 Å². The van der Waals surface area contributed by atoms with Gasteiger partial charge in [0.25, 0.3) is 0 Å². The van der Waals surface area contributed by atoms with Crippen LogP contribution in [0, 0.1) is 0 Å². The van der Waals surface area contributed by atoms with E-state index in [4.69, 9.17) is 46.4 Å². The molecule has 354 valence electrons. The number of benzene rings is 2. The molecule has 0 spiro atoms. The maximum atomic E-state index is 15.1. The van der Waals surface area contributed by atoms with Gasteiger partial charge in [-0.05, 0) is 149 Å². The zero-order valence-corrected chi connectivity index (χ0v) is 40.7. The summed E-state index contributed by atoms with van der Waals surface area (Å²) in [6.45, 7) is 0.854. The molecule has 2 aromatic carbocycles. The standard InChI is InChI=1S/C45H43Cl4F6N5O3S3/c1-58(19-4-2-12-31(44(50,51)52)38-29-10-6-8-25-18-21-64-42(25)40(29)59(56-38)35-16-14-27(46)23-33(35)48)20-5-3-13-32(45(53,54)55)39-30-11-7-9-26-22-37(66(61,62)63)65-43(26)41(30)60(57-39)36-17-15-28(47)24-34(36)49/h14-18,21-24,31-32H,2-13,19-20H2,1H3,(H,61,62,63). The molecule has 0 amide bonds. The molecule has 8 nitrogen and oxygen atoms in total. The number of aryl methyl sites for hydroxylation is 2. The number of aromatic nitrogens is 4. The predicted octanol–water partition coefficient (Wildman–Crippen LogP) is 14.6. The largest absolute Gasteiger partial charge is 0.397 e. The van der Waals surface area contributed by atoms with Crippen LogP contribution in [0.25, 0.3) is 32.5 Å². The summed E-state index contributed by atoms with van der Waals surface area (Å²) in [6, 6.07) is 12.7. The lowest BCUT2D eigenvalue weighted by Crippen LogP contribution is -2.25. The van der Waals surface area contributed by atoms with Gasteiger partial charge in [-0.25, -0.2) is 9.36 Å². The number of halogens is 10. The molecular weight excluding hydrogens is 1010 g/mol. The molecule has 2 aliphatic rings. The lowest BCUT2D eigenvalue weighted by atomic mass is 9.92. The van der Waals surface area contributed by atoms with Crippen molar-refractivity contribution in [2.45, 2.75) is 105 Å². The smallest absolute Gasteiger partial charge is 0.306 e. The molecule has 2 atom stereocenters. The van der Waals surface area contributed by atoms with E-state index in [9.17, 15) is 13.0 Å². The number of hydrogen-bond acceptors (Lipinski definition) is 7. The predicted molar refractivity (Wildman–Crippen MR) is 250 cm³/mol. The number of fused-ring (bicyclic) bond motifs is 6. The van der Waals surface area contributed by atoms with E-state index in [1.165, 1.54) is 40.3 Å². The average Bonchev–Trinajstić information content (AvgIpc) is 3.98. The zero-order chi connectivity index (χ0) is 47.3. The van der Waals surface area contributed by atoms with Crippen molar-refractivity contribution in [1.82, 2.24) is 24.5 Å². The maximum Gasteiger partial charge on any atom is 0.397 e. The third-order valence-electron chi connectivity index (χ3n) is 12.3. The van der Waals surface area contributed by atoms with Crippen molar-refractivity contribution < 1.29 is 39.3 Å². The molecule has 4 aromatic heterocycles. The first-order valence-corrected chi connectivity index (χ1v) is 26.0. The Bertz CT molecular complexity index is 2860. The van der Waals surface area contributed by atoms with Crippen molar-refractivity contribution >= 4 is 79.2 Å². The summed E-state index contributed by atoms with van der Waals surface area (Å²) in [5, 5.41) is 12.2. The van der Waals surface area contributed by atoms with Crippen molar-refractivity contribution in [2.24, 2.45) is 0 Å². The average molecular weight is 1050 g/mol. The van der Waals surface area contributed by atoms with Gasteiger partial charge in [-0.3, -0.25) is 4.55 Å². The van der Waals surface area contributed by atoms with Gasteiger partial charge in [-0.2, -0.15) is 45.0 Å². The highest BCUT2D eigenvalue weighted by Crippen LogP contribution is 2.49. The number of nitrogens with zero attached hydrogens (tertiary/aromatic N) is 5. The van der Waals surface area contributed by atoms with Gasteiger partial charge in [0.15, 0.2) is 0 Å². The second-order valence-corrected chi connectivity index (χ2v) is 22.1. The number of alkyl halides is 6. The first kappa shape index (κ1) is 49.3. The molecule has 0 saturated heterocycles. The van der Waals surface area contributed by atoms with Gasteiger partial charge >= 0.3 is 22.5 Å². The van der Waals surface area contributed by atoms with E-state index in [2.05, 4.69) is 10.2 Å². The molecule has 1 N–H and O–H groups in total. The fourth-order valence-electron chi connectivity index (χ4n) is 9.16. The Balaban J connectivity index is 0.956. The zero-order valence-electron chi connectivity index (χ0n) is 35.3. The molecule has 0 fully saturated rings. The van der Waals surface area contributed by atoms with Crippen LogP contribution < -0.4 is 0 Å². The van der Waals surface area contributed by atoms with E-state index in [1.54, 1.807) is 29.9 Å². The molecule has 66 heavy (non-hydrogen) atoms. The van der Waals surface area contributed by atoms with E-state index in [0.717, 1.165) is 28.2 Å². The third kappa shape index (κ3) is 10.4. The van der Waals surface area contributed by atoms with Gasteiger partial charge in [-0.15, -0.1) is 22.7 Å². The van der Waals surface area contributed by atoms with E-state index in [0.29, 0.717) is 94.6 Å². The maximum absolute atomic E-state index is 15.1. The van der Waals surface area contributed by atoms with Crippen molar-refractivity contribution in [1.29, 1.82) is 0 Å². The Morgan fingerprint density at radius 3 is 1.65 bits per heavy atom. The first-order valence-electron chi connectivity index (χ1n) is 21.3. The van der Waals surface area contributed by atoms with Crippen molar-refractivity contribution in [3.8, 4) is 32.5 Å². The van der Waals surface area contributed by atoms with Gasteiger partial charge < -0.3 is 4.90 Å². The van der Waals surface area contributed by atoms with Gasteiger partial charge in [0.05, 0.1) is 65.8 Å². The molecule has 21 heteroatoms. The van der Waals surface area contributed by atoms with Crippen LogP contribution in [0.4, 0.5) is 26.3 Å². The van der Waals surface area contributed by atoms with E-state index >= 15 is 26.3 Å². The molecule has 0 bridgehead atoms. The molecule has 0 saturated carbocycles. The fourth-order valence-corrected chi connectivity index (χ4v) is 13.1. The Labute approximate surface area is 406 Å². The number of hydrogen-bond donors (Lipinski definition) is 1. The Morgan fingerprint density at radius 2 is 1.18 bits per heavy atom. The summed E-state index contributed by atoms with van der Waals surface area (Å²) in [7, 11) is -2.80. The summed E-state index contributed by atoms with van der Waals surface area (Å²) in [4.78, 5) is 3.17. The first-order chi connectivity index (χ1) is 31.2. The lowest BCUT2D eigenvalue weighted by molar-refractivity contribution is -0.154. The summed E-state index contributed by atoms with van der Waals surface area (Å²) in [5.41, 5.74) is 3.93. The van der Waals surface area contributed by atoms with Crippen molar-refractivity contribution in [3.05, 3.63) is 108 Å². The van der Waals surface area contributed by atoms with Crippen molar-refractivity contribution in [3.63, 3.8) is 0 Å². The molecule has 2 aliphatic carbocycles. The minimum absolute atomic E-state index is 0.00555. The summed E-state index contributed by atoms with van der Waals surface area (Å²) < 4.78 is 127. The van der Waals surface area contributed by atoms with Gasteiger partial charge in [0, 0.05) is 21.2 Å². The molecule has 4 heterocycles. The molecule has 0 radical (unpaired) electrons. The van der Waals surface area contributed by atoms with Gasteiger partial charge in [-0.1, -0.05) is 59.2 Å². The monoisotopic (exact) mass is 1050 g/mol. The Morgan fingerprint density at radius 1 is 0.697 bits per heavy atom. The van der Waals surface area contributed by atoms with Gasteiger partial charge in [0.1, 0.15) is 4.21 Å². The lowest BCUT2D eigenvalue weighted by Gasteiger charge is -2.22. The second kappa shape index (κ2) is 19.7. The number of thiophene rings is 2. The number of unbranched alkanes of at least 4 members (excludes halogenated alkanes) is 2. The summed E-state index contributed by atoms with van der Waals surface area (Å²) in [5.74, 6) is -3.79. The molecule has 6 aromatic rings. The van der Waals surface area contributed by atoms with Crippen LogP contribution >= 0.6 is 69.1 Å².